The maximum atomic E-state index is 12.2. The van der Waals surface area contributed by atoms with Crippen LogP contribution in [-0.2, 0) is 11.3 Å². The summed E-state index contributed by atoms with van der Waals surface area (Å²) in [5.74, 6) is -0.413. The van der Waals surface area contributed by atoms with Gasteiger partial charge in [-0.15, -0.1) is 0 Å². The molecular weight excluding hydrogens is 313 g/mol. The van der Waals surface area contributed by atoms with Gasteiger partial charge < -0.3 is 11.1 Å². The number of unbranched alkanes of at least 4 members (excludes halogenated alkanes) is 1. The smallest absolute Gasteiger partial charge is 0.382 e. The molecule has 0 saturated heterocycles. The first-order chi connectivity index (χ1) is 9.70. The van der Waals surface area contributed by atoms with E-state index in [2.05, 4.69) is 10.4 Å². The fourth-order valence-electron chi connectivity index (χ4n) is 1.52. The van der Waals surface area contributed by atoms with Crippen LogP contribution in [0.15, 0.2) is 11.0 Å². The minimum absolute atomic E-state index is 0.152. The van der Waals surface area contributed by atoms with Gasteiger partial charge in [-0.3, -0.25) is 9.59 Å². The van der Waals surface area contributed by atoms with E-state index in [1.54, 1.807) is 0 Å². The number of hydrogen-bond acceptors (Lipinski definition) is 4. The number of primary amides is 1. The molecule has 6 nitrogen and oxygen atoms in total. The Morgan fingerprint density at radius 1 is 1.43 bits per heavy atom. The first kappa shape index (κ1) is 17.3. The van der Waals surface area contributed by atoms with Crippen LogP contribution in [-0.4, -0.2) is 28.4 Å². The first-order valence-corrected chi connectivity index (χ1v) is 6.43. The van der Waals surface area contributed by atoms with E-state index in [-0.39, 0.29) is 21.8 Å². The highest BCUT2D eigenvalue weighted by molar-refractivity contribution is 6.32. The zero-order chi connectivity index (χ0) is 16.0. The van der Waals surface area contributed by atoms with Crippen molar-refractivity contribution >= 4 is 23.2 Å². The van der Waals surface area contributed by atoms with Crippen LogP contribution >= 0.6 is 11.6 Å². The van der Waals surface area contributed by atoms with E-state index in [0.29, 0.717) is 19.4 Å². The lowest BCUT2D eigenvalue weighted by Crippen LogP contribution is -2.30. The molecule has 1 rings (SSSR count). The number of hydrogen-bond donors (Lipinski definition) is 2. The van der Waals surface area contributed by atoms with Crippen LogP contribution in [0.5, 0.6) is 0 Å². The third kappa shape index (κ3) is 6.03. The van der Waals surface area contributed by atoms with Gasteiger partial charge >= 0.3 is 6.18 Å². The van der Waals surface area contributed by atoms with Crippen molar-refractivity contribution in [3.8, 4) is 0 Å². The minimum atomic E-state index is -4.55. The monoisotopic (exact) mass is 326 g/mol. The molecular formula is C11H14ClF3N4O2. The molecule has 21 heavy (non-hydrogen) atoms. The third-order valence-corrected chi connectivity index (χ3v) is 2.84. The third-order valence-electron chi connectivity index (χ3n) is 2.48. The fraction of sp³-hybridized carbons (Fsp3) is 0.545. The average Bonchev–Trinajstić information content (AvgIpc) is 2.35. The highest BCUT2D eigenvalue weighted by Crippen LogP contribution is 2.19. The fourth-order valence-corrected chi connectivity index (χ4v) is 1.73. The van der Waals surface area contributed by atoms with Gasteiger partial charge in [0, 0.05) is 13.0 Å². The number of aromatic nitrogens is 2. The number of amides is 1. The summed E-state index contributed by atoms with van der Waals surface area (Å²) < 4.78 is 36.9. The molecule has 0 aliphatic heterocycles. The summed E-state index contributed by atoms with van der Waals surface area (Å²) in [6.07, 6.45) is -2.11. The zero-order valence-corrected chi connectivity index (χ0v) is 11.7. The quantitative estimate of drug-likeness (QED) is 0.743. The minimum Gasteiger partial charge on any atom is -0.382 e. The van der Waals surface area contributed by atoms with Gasteiger partial charge in [-0.05, 0) is 12.8 Å². The molecule has 0 radical (unpaired) electrons. The lowest BCUT2D eigenvalue weighted by molar-refractivity contribution is -0.143. The number of nitrogens with two attached hydrogens (primary N) is 1. The first-order valence-electron chi connectivity index (χ1n) is 6.05. The topological polar surface area (TPSA) is 90.0 Å². The van der Waals surface area contributed by atoms with Gasteiger partial charge in [-0.1, -0.05) is 11.6 Å². The number of halogens is 4. The molecule has 0 unspecified atom stereocenters. The Bertz CT molecular complexity index is 559. The molecule has 1 amide bonds. The van der Waals surface area contributed by atoms with Crippen molar-refractivity contribution in [3.63, 3.8) is 0 Å². The molecule has 1 aromatic heterocycles. The number of carbonyl (C=O) groups is 1. The highest BCUT2D eigenvalue weighted by atomic mass is 35.5. The Hall–Kier alpha value is -1.77. The van der Waals surface area contributed by atoms with Gasteiger partial charge in [0.05, 0.1) is 11.9 Å². The second-order valence-corrected chi connectivity index (χ2v) is 4.68. The molecule has 3 N–H and O–H groups in total. The second-order valence-electron chi connectivity index (χ2n) is 4.30. The maximum Gasteiger partial charge on any atom is 0.408 e. The lowest BCUT2D eigenvalue weighted by atomic mass is 10.2. The van der Waals surface area contributed by atoms with E-state index in [1.807, 2.05) is 0 Å². The molecule has 0 saturated carbocycles. The number of anilines is 1. The standard InChI is InChI=1S/C11H14ClF3N4O2/c12-9-7(17-4-2-1-3-8(16)20)5-18-19(10(9)21)6-11(13,14)15/h5,17H,1-4,6H2,(H2,16,20). The molecule has 0 aliphatic rings. The molecule has 1 aromatic rings. The molecule has 0 aliphatic carbocycles. The number of nitrogens with one attached hydrogen (secondary N) is 1. The Balaban J connectivity index is 2.63. The summed E-state index contributed by atoms with van der Waals surface area (Å²) in [6, 6.07) is 0. The van der Waals surface area contributed by atoms with Gasteiger partial charge in [0.1, 0.15) is 11.6 Å². The normalized spacial score (nSPS) is 11.4. The van der Waals surface area contributed by atoms with Crippen LogP contribution in [0.1, 0.15) is 19.3 Å². The van der Waals surface area contributed by atoms with Crippen LogP contribution in [0, 0.1) is 0 Å². The van der Waals surface area contributed by atoms with Gasteiger partial charge in [-0.2, -0.15) is 18.3 Å². The predicted octanol–water partition coefficient (Wildman–Crippen LogP) is 1.53. The Morgan fingerprint density at radius 3 is 2.67 bits per heavy atom. The van der Waals surface area contributed by atoms with Gasteiger partial charge in [0.25, 0.3) is 5.56 Å². The number of rotatable bonds is 7. The molecule has 0 aromatic carbocycles. The van der Waals surface area contributed by atoms with E-state index < -0.39 is 24.2 Å². The predicted molar refractivity (Wildman–Crippen MR) is 71.1 cm³/mol. The van der Waals surface area contributed by atoms with Gasteiger partial charge in [0.2, 0.25) is 5.91 Å². The van der Waals surface area contributed by atoms with E-state index in [1.165, 1.54) is 0 Å². The van der Waals surface area contributed by atoms with Crippen LogP contribution in [0.2, 0.25) is 5.02 Å². The SMILES string of the molecule is NC(=O)CCCCNc1cnn(CC(F)(F)F)c(=O)c1Cl. The Labute approximate surface area is 123 Å². The van der Waals surface area contributed by atoms with Gasteiger partial charge in [-0.25, -0.2) is 4.68 Å². The summed E-state index contributed by atoms with van der Waals surface area (Å²) in [7, 11) is 0. The van der Waals surface area contributed by atoms with Crippen molar-refractivity contribution < 1.29 is 18.0 Å². The average molecular weight is 327 g/mol. The summed E-state index contributed by atoms with van der Waals surface area (Å²) in [6.45, 7) is -1.11. The second kappa shape index (κ2) is 7.30. The molecule has 0 fully saturated rings. The van der Waals surface area contributed by atoms with Crippen molar-refractivity contribution in [3.05, 3.63) is 21.6 Å². The van der Waals surface area contributed by atoms with Crippen LogP contribution in [0.25, 0.3) is 0 Å². The lowest BCUT2D eigenvalue weighted by Gasteiger charge is -2.11. The van der Waals surface area contributed by atoms with Crippen molar-refractivity contribution in [2.75, 3.05) is 11.9 Å². The maximum absolute atomic E-state index is 12.2. The number of nitrogens with zero attached hydrogens (tertiary/aromatic N) is 2. The van der Waals surface area contributed by atoms with Crippen LogP contribution < -0.4 is 16.6 Å². The Kier molecular flexibility index (Phi) is 6.01. The van der Waals surface area contributed by atoms with Crippen molar-refractivity contribution in [1.29, 1.82) is 0 Å². The van der Waals surface area contributed by atoms with E-state index >= 15 is 0 Å². The zero-order valence-electron chi connectivity index (χ0n) is 10.9. The Morgan fingerprint density at radius 2 is 2.10 bits per heavy atom. The number of alkyl halides is 3. The van der Waals surface area contributed by atoms with Crippen LogP contribution in [0.3, 0.4) is 0 Å². The molecule has 0 atom stereocenters. The number of carbonyl (C=O) groups excluding carboxylic acids is 1. The largest absolute Gasteiger partial charge is 0.408 e. The van der Waals surface area contributed by atoms with E-state index in [9.17, 15) is 22.8 Å². The van der Waals surface area contributed by atoms with Crippen LogP contribution in [0.4, 0.5) is 18.9 Å². The molecule has 118 valence electrons. The summed E-state index contributed by atoms with van der Waals surface area (Å²) >= 11 is 5.71. The highest BCUT2D eigenvalue weighted by Gasteiger charge is 2.29. The van der Waals surface area contributed by atoms with Gasteiger partial charge in [0.15, 0.2) is 0 Å². The summed E-state index contributed by atoms with van der Waals surface area (Å²) in [4.78, 5) is 22.1. The van der Waals surface area contributed by atoms with Crippen molar-refractivity contribution in [1.82, 2.24) is 9.78 Å². The summed E-state index contributed by atoms with van der Waals surface area (Å²) in [5.41, 5.74) is 4.10. The molecule has 0 spiro atoms. The molecule has 0 bridgehead atoms. The van der Waals surface area contributed by atoms with E-state index in [0.717, 1.165) is 6.20 Å². The van der Waals surface area contributed by atoms with E-state index in [4.69, 9.17) is 17.3 Å². The summed E-state index contributed by atoms with van der Waals surface area (Å²) in [5, 5.41) is 5.83. The molecule has 1 heterocycles. The van der Waals surface area contributed by atoms with Crippen molar-refractivity contribution in [2.24, 2.45) is 5.73 Å². The van der Waals surface area contributed by atoms with Crippen molar-refractivity contribution in [2.45, 2.75) is 32.0 Å². The molecule has 10 heteroatoms.